The number of nitrogens with zero attached hydrogens (tertiary/aromatic N) is 3. The first-order valence-electron chi connectivity index (χ1n) is 6.51. The van der Waals surface area contributed by atoms with Gasteiger partial charge in [0.15, 0.2) is 5.11 Å². The second-order valence-electron chi connectivity index (χ2n) is 5.04. The molecule has 0 saturated heterocycles. The molecule has 3 N–H and O–H groups in total. The van der Waals surface area contributed by atoms with Crippen molar-refractivity contribution in [2.24, 2.45) is 5.73 Å². The maximum Gasteiger partial charge on any atom is 0.193 e. The molecule has 0 saturated carbocycles. The zero-order valence-electron chi connectivity index (χ0n) is 11.6. The van der Waals surface area contributed by atoms with E-state index in [2.05, 4.69) is 39.6 Å². The standard InChI is InChI=1S/C14H17N5S/c1-18(2)10-5-3-9(4-6-10)12-11-7-8-16-13(11)19(17-12)14(15)20/h3-6,16H,7-8H2,1-2H3,(H2,15,20). The van der Waals surface area contributed by atoms with Gasteiger partial charge >= 0.3 is 0 Å². The van der Waals surface area contributed by atoms with Crippen LogP contribution in [0.15, 0.2) is 24.3 Å². The molecule has 0 aliphatic carbocycles. The van der Waals surface area contributed by atoms with Crippen LogP contribution < -0.4 is 16.0 Å². The summed E-state index contributed by atoms with van der Waals surface area (Å²) in [4.78, 5) is 2.07. The summed E-state index contributed by atoms with van der Waals surface area (Å²) in [6.45, 7) is 0.901. The lowest BCUT2D eigenvalue weighted by atomic mass is 10.1. The van der Waals surface area contributed by atoms with Gasteiger partial charge < -0.3 is 16.0 Å². The molecule has 2 heterocycles. The van der Waals surface area contributed by atoms with E-state index in [0.717, 1.165) is 35.7 Å². The van der Waals surface area contributed by atoms with Crippen LogP contribution in [0.5, 0.6) is 0 Å². The SMILES string of the molecule is CN(C)c1ccc(-c2nn(C(N)=S)c3c2CCN3)cc1. The Bertz CT molecular complexity index is 657. The minimum Gasteiger partial charge on any atom is -0.378 e. The van der Waals surface area contributed by atoms with E-state index in [1.807, 2.05) is 14.1 Å². The number of nitrogens with one attached hydrogen (secondary N) is 1. The van der Waals surface area contributed by atoms with Crippen LogP contribution in [-0.4, -0.2) is 35.5 Å². The zero-order valence-corrected chi connectivity index (χ0v) is 12.4. The Hall–Kier alpha value is -2.08. The van der Waals surface area contributed by atoms with Crippen molar-refractivity contribution < 1.29 is 0 Å². The van der Waals surface area contributed by atoms with Crippen molar-refractivity contribution in [2.75, 3.05) is 30.9 Å². The summed E-state index contributed by atoms with van der Waals surface area (Å²) in [5, 5.41) is 8.12. The zero-order chi connectivity index (χ0) is 14.3. The highest BCUT2D eigenvalue weighted by Gasteiger charge is 2.23. The molecule has 2 aromatic rings. The highest BCUT2D eigenvalue weighted by atomic mass is 32.1. The van der Waals surface area contributed by atoms with E-state index in [9.17, 15) is 0 Å². The molecule has 0 atom stereocenters. The number of hydrogen-bond donors (Lipinski definition) is 2. The molecular weight excluding hydrogens is 270 g/mol. The first kappa shape index (κ1) is 12.9. The van der Waals surface area contributed by atoms with Crippen molar-refractivity contribution in [1.82, 2.24) is 9.78 Å². The monoisotopic (exact) mass is 287 g/mol. The van der Waals surface area contributed by atoms with Crippen LogP contribution >= 0.6 is 12.2 Å². The number of anilines is 2. The van der Waals surface area contributed by atoms with Gasteiger partial charge in [0.25, 0.3) is 0 Å². The molecule has 20 heavy (non-hydrogen) atoms. The number of rotatable bonds is 2. The average Bonchev–Trinajstić information content (AvgIpc) is 2.99. The van der Waals surface area contributed by atoms with Gasteiger partial charge in [0.2, 0.25) is 0 Å². The van der Waals surface area contributed by atoms with Gasteiger partial charge in [-0.1, -0.05) is 12.1 Å². The fourth-order valence-electron chi connectivity index (χ4n) is 2.48. The Labute approximate surface area is 123 Å². The fraction of sp³-hybridized carbons (Fsp3) is 0.286. The molecule has 0 unspecified atom stereocenters. The molecule has 0 spiro atoms. The molecule has 1 aliphatic rings. The summed E-state index contributed by atoms with van der Waals surface area (Å²) in [5.41, 5.74) is 10.1. The van der Waals surface area contributed by atoms with E-state index in [0.29, 0.717) is 0 Å². The minimum absolute atomic E-state index is 0.270. The summed E-state index contributed by atoms with van der Waals surface area (Å²) in [6.07, 6.45) is 0.947. The van der Waals surface area contributed by atoms with Crippen LogP contribution in [0.2, 0.25) is 0 Å². The molecule has 1 aliphatic heterocycles. The Kier molecular flexibility index (Phi) is 3.10. The van der Waals surface area contributed by atoms with Crippen LogP contribution in [-0.2, 0) is 6.42 Å². The second-order valence-corrected chi connectivity index (χ2v) is 5.46. The van der Waals surface area contributed by atoms with Crippen LogP contribution in [0, 0.1) is 0 Å². The van der Waals surface area contributed by atoms with Gasteiger partial charge in [-0.25, -0.2) is 0 Å². The lowest BCUT2D eigenvalue weighted by Crippen LogP contribution is -2.22. The third-order valence-corrected chi connectivity index (χ3v) is 3.69. The van der Waals surface area contributed by atoms with Gasteiger partial charge in [0.1, 0.15) is 5.82 Å². The molecule has 5 nitrogen and oxygen atoms in total. The molecule has 3 rings (SSSR count). The van der Waals surface area contributed by atoms with Gasteiger partial charge in [0.05, 0.1) is 5.69 Å². The quantitative estimate of drug-likeness (QED) is 0.823. The Balaban J connectivity index is 2.06. The molecule has 104 valence electrons. The van der Waals surface area contributed by atoms with Gasteiger partial charge in [-0.2, -0.15) is 9.78 Å². The van der Waals surface area contributed by atoms with E-state index in [-0.39, 0.29) is 5.11 Å². The Morgan fingerprint density at radius 2 is 2.05 bits per heavy atom. The normalized spacial score (nSPS) is 12.9. The maximum absolute atomic E-state index is 5.73. The topological polar surface area (TPSA) is 59.1 Å². The predicted molar refractivity (Wildman–Crippen MR) is 86.4 cm³/mol. The molecule has 1 aromatic heterocycles. The summed E-state index contributed by atoms with van der Waals surface area (Å²) >= 11 is 5.05. The largest absolute Gasteiger partial charge is 0.378 e. The fourth-order valence-corrected chi connectivity index (χ4v) is 2.62. The van der Waals surface area contributed by atoms with Crippen LogP contribution in [0.25, 0.3) is 11.3 Å². The number of benzene rings is 1. The smallest absolute Gasteiger partial charge is 0.193 e. The first-order chi connectivity index (χ1) is 9.58. The maximum atomic E-state index is 5.73. The van der Waals surface area contributed by atoms with Crippen molar-refractivity contribution in [1.29, 1.82) is 0 Å². The Morgan fingerprint density at radius 3 is 2.65 bits per heavy atom. The van der Waals surface area contributed by atoms with Crippen molar-refractivity contribution in [3.05, 3.63) is 29.8 Å². The molecule has 1 aromatic carbocycles. The number of thiocarbonyl (C=S) groups is 1. The predicted octanol–water partition coefficient (Wildman–Crippen LogP) is 1.68. The highest BCUT2D eigenvalue weighted by molar-refractivity contribution is 7.80. The van der Waals surface area contributed by atoms with E-state index >= 15 is 0 Å². The summed E-state index contributed by atoms with van der Waals surface area (Å²) in [7, 11) is 4.05. The number of hydrogen-bond acceptors (Lipinski definition) is 4. The molecule has 0 fully saturated rings. The Morgan fingerprint density at radius 1 is 1.35 bits per heavy atom. The molecule has 0 radical (unpaired) electrons. The lowest BCUT2D eigenvalue weighted by Gasteiger charge is -2.12. The molecule has 6 heteroatoms. The number of aromatic nitrogens is 2. The summed E-state index contributed by atoms with van der Waals surface area (Å²) < 4.78 is 1.62. The second kappa shape index (κ2) is 4.79. The van der Waals surface area contributed by atoms with Crippen LogP contribution in [0.3, 0.4) is 0 Å². The molecule has 0 bridgehead atoms. The average molecular weight is 287 g/mol. The van der Waals surface area contributed by atoms with Gasteiger partial charge in [-0.3, -0.25) is 0 Å². The van der Waals surface area contributed by atoms with Crippen molar-refractivity contribution in [2.45, 2.75) is 6.42 Å². The van der Waals surface area contributed by atoms with E-state index in [1.165, 1.54) is 5.56 Å². The van der Waals surface area contributed by atoms with Gasteiger partial charge in [0, 0.05) is 37.5 Å². The number of nitrogens with two attached hydrogens (primary N) is 1. The third-order valence-electron chi connectivity index (χ3n) is 3.52. The van der Waals surface area contributed by atoms with E-state index in [1.54, 1.807) is 4.68 Å². The van der Waals surface area contributed by atoms with Crippen LogP contribution in [0.4, 0.5) is 11.5 Å². The highest BCUT2D eigenvalue weighted by Crippen LogP contribution is 2.33. The van der Waals surface area contributed by atoms with Crippen molar-refractivity contribution in [3.8, 4) is 11.3 Å². The lowest BCUT2D eigenvalue weighted by molar-refractivity contribution is 0.935. The van der Waals surface area contributed by atoms with E-state index in [4.69, 9.17) is 18.0 Å². The van der Waals surface area contributed by atoms with Crippen molar-refractivity contribution in [3.63, 3.8) is 0 Å². The number of fused-ring (bicyclic) bond motifs is 1. The van der Waals surface area contributed by atoms with Crippen molar-refractivity contribution >= 4 is 28.8 Å². The molecule has 0 amide bonds. The van der Waals surface area contributed by atoms with Crippen LogP contribution in [0.1, 0.15) is 5.56 Å². The first-order valence-corrected chi connectivity index (χ1v) is 6.92. The summed E-state index contributed by atoms with van der Waals surface area (Å²) in [5.74, 6) is 0.934. The van der Waals surface area contributed by atoms with Gasteiger partial charge in [-0.15, -0.1) is 0 Å². The third kappa shape index (κ3) is 2.02. The minimum atomic E-state index is 0.270. The van der Waals surface area contributed by atoms with E-state index < -0.39 is 0 Å². The summed E-state index contributed by atoms with van der Waals surface area (Å²) in [6, 6.07) is 8.34. The molecular formula is C14H17N5S. The van der Waals surface area contributed by atoms with Gasteiger partial charge in [-0.05, 0) is 30.8 Å².